The number of amides is 1. The van der Waals surface area contributed by atoms with Crippen molar-refractivity contribution in [2.45, 2.75) is 46.1 Å². The first kappa shape index (κ1) is 31.0. The molecule has 2 aromatic carbocycles. The topological polar surface area (TPSA) is 109 Å². The summed E-state index contributed by atoms with van der Waals surface area (Å²) in [6.45, 7) is 11.3. The molecule has 3 N–H and O–H groups in total. The van der Waals surface area contributed by atoms with Gasteiger partial charge in [0.25, 0.3) is 5.91 Å². The molecule has 232 valence electrons. The van der Waals surface area contributed by atoms with Crippen LogP contribution >= 0.6 is 0 Å². The average Bonchev–Trinajstić information content (AvgIpc) is 3.34. The molecule has 1 aliphatic rings. The SMILES string of the molecule is Cc1cc(Nc2cc(NC(=O)c3cccc(C(F)(F)F)c3)ccc2C)n(-c2cc(NCCN3CC(C)OC(C)C3)ncn2)n1. The number of rotatable bonds is 9. The van der Waals surface area contributed by atoms with E-state index in [0.717, 1.165) is 43.0 Å². The molecule has 13 heteroatoms. The highest BCUT2D eigenvalue weighted by atomic mass is 19.4. The Bertz CT molecular complexity index is 1610. The molecule has 44 heavy (non-hydrogen) atoms. The number of nitrogens with one attached hydrogen (secondary N) is 3. The molecule has 5 rings (SSSR count). The molecule has 1 saturated heterocycles. The highest BCUT2D eigenvalue weighted by Gasteiger charge is 2.31. The highest BCUT2D eigenvalue weighted by Crippen LogP contribution is 2.30. The summed E-state index contributed by atoms with van der Waals surface area (Å²) in [4.78, 5) is 23.9. The van der Waals surface area contributed by atoms with Crippen molar-refractivity contribution in [1.29, 1.82) is 0 Å². The molecule has 0 spiro atoms. The van der Waals surface area contributed by atoms with Crippen molar-refractivity contribution in [1.82, 2.24) is 24.6 Å². The van der Waals surface area contributed by atoms with E-state index >= 15 is 0 Å². The lowest BCUT2D eigenvalue weighted by Crippen LogP contribution is -2.46. The molecule has 1 fully saturated rings. The molecule has 10 nitrogen and oxygen atoms in total. The van der Waals surface area contributed by atoms with E-state index in [1.54, 1.807) is 22.9 Å². The lowest BCUT2D eigenvalue weighted by atomic mass is 10.1. The molecule has 1 amide bonds. The minimum absolute atomic E-state index is 0.0918. The number of hydrogen-bond donors (Lipinski definition) is 3. The van der Waals surface area contributed by atoms with Gasteiger partial charge in [-0.25, -0.2) is 9.97 Å². The van der Waals surface area contributed by atoms with Crippen LogP contribution in [0.25, 0.3) is 5.82 Å². The molecule has 2 atom stereocenters. The summed E-state index contributed by atoms with van der Waals surface area (Å²) >= 11 is 0. The van der Waals surface area contributed by atoms with Gasteiger partial charge in [0, 0.05) is 55.2 Å². The summed E-state index contributed by atoms with van der Waals surface area (Å²) in [6, 6.07) is 13.2. The summed E-state index contributed by atoms with van der Waals surface area (Å²) in [6.07, 6.45) is -2.66. The lowest BCUT2D eigenvalue weighted by molar-refractivity contribution is -0.137. The number of morpholine rings is 1. The third-order valence-corrected chi connectivity index (χ3v) is 7.14. The third kappa shape index (κ3) is 7.71. The van der Waals surface area contributed by atoms with Crippen LogP contribution in [0.4, 0.5) is 36.2 Å². The molecule has 2 unspecified atom stereocenters. The van der Waals surface area contributed by atoms with Crippen molar-refractivity contribution in [3.05, 3.63) is 83.3 Å². The number of aromatic nitrogens is 4. The maximum Gasteiger partial charge on any atom is 0.416 e. The monoisotopic (exact) mass is 608 g/mol. The zero-order chi connectivity index (χ0) is 31.4. The van der Waals surface area contributed by atoms with Crippen LogP contribution in [-0.2, 0) is 10.9 Å². The maximum atomic E-state index is 13.1. The van der Waals surface area contributed by atoms with Crippen LogP contribution in [0.1, 0.15) is 41.0 Å². The molecule has 4 aromatic rings. The van der Waals surface area contributed by atoms with Crippen LogP contribution in [0, 0.1) is 13.8 Å². The predicted molar refractivity (Wildman–Crippen MR) is 163 cm³/mol. The first-order valence-electron chi connectivity index (χ1n) is 14.3. The summed E-state index contributed by atoms with van der Waals surface area (Å²) < 4.78 is 46.9. The average molecular weight is 609 g/mol. The van der Waals surface area contributed by atoms with E-state index in [1.165, 1.54) is 18.5 Å². The van der Waals surface area contributed by atoms with Crippen LogP contribution in [0.2, 0.25) is 0 Å². The van der Waals surface area contributed by atoms with Gasteiger partial charge >= 0.3 is 6.18 Å². The molecule has 0 radical (unpaired) electrons. The number of ether oxygens (including phenoxy) is 1. The van der Waals surface area contributed by atoms with E-state index in [9.17, 15) is 18.0 Å². The number of nitrogens with zero attached hydrogens (tertiary/aromatic N) is 5. The second kappa shape index (κ2) is 13.0. The number of carbonyl (C=O) groups is 1. The summed E-state index contributed by atoms with van der Waals surface area (Å²) in [5, 5.41) is 14.0. The van der Waals surface area contributed by atoms with Crippen molar-refractivity contribution < 1.29 is 22.7 Å². The Hall–Kier alpha value is -4.49. The quantitative estimate of drug-likeness (QED) is 0.218. The molecule has 2 aromatic heterocycles. The molecule has 1 aliphatic heterocycles. The molecule has 0 saturated carbocycles. The zero-order valence-electron chi connectivity index (χ0n) is 24.9. The molecule has 0 bridgehead atoms. The van der Waals surface area contributed by atoms with Gasteiger partial charge in [-0.05, 0) is 63.6 Å². The second-order valence-electron chi connectivity index (χ2n) is 11.0. The number of benzene rings is 2. The molecule has 3 heterocycles. The van der Waals surface area contributed by atoms with Gasteiger partial charge in [-0.3, -0.25) is 9.69 Å². The Labute approximate surface area is 253 Å². The largest absolute Gasteiger partial charge is 0.416 e. The number of aryl methyl sites for hydroxylation is 2. The van der Waals surface area contributed by atoms with Crippen LogP contribution in [0.15, 0.2) is 60.9 Å². The standard InChI is InChI=1S/C31H35F3N8O2/c1-19-8-9-25(38-30(43)23-6-5-7-24(13-23)31(32,33)34)14-26(19)39-29-12-20(2)40-42(29)28-15-27(36-18-37-28)35-10-11-41-16-21(3)44-22(4)17-41/h5-9,12-15,18,21-22,39H,10-11,16-17H2,1-4H3,(H,38,43)(H,35,36,37). The first-order chi connectivity index (χ1) is 20.9. The van der Waals surface area contributed by atoms with Gasteiger partial charge in [0.15, 0.2) is 5.82 Å². The number of carbonyl (C=O) groups excluding carboxylic acids is 1. The van der Waals surface area contributed by atoms with Crippen molar-refractivity contribution in [2.75, 3.05) is 42.1 Å². The van der Waals surface area contributed by atoms with Crippen LogP contribution in [0.3, 0.4) is 0 Å². The Kier molecular flexibility index (Phi) is 9.16. The fraction of sp³-hybridized carbons (Fsp3) is 0.355. The van der Waals surface area contributed by atoms with Gasteiger partial charge in [-0.2, -0.15) is 23.0 Å². The summed E-state index contributed by atoms with van der Waals surface area (Å²) in [7, 11) is 0. The number of anilines is 4. The third-order valence-electron chi connectivity index (χ3n) is 7.14. The minimum Gasteiger partial charge on any atom is -0.373 e. The predicted octanol–water partition coefficient (Wildman–Crippen LogP) is 5.81. The first-order valence-corrected chi connectivity index (χ1v) is 14.3. The second-order valence-corrected chi connectivity index (χ2v) is 11.0. The zero-order valence-corrected chi connectivity index (χ0v) is 24.9. The Morgan fingerprint density at radius 3 is 2.55 bits per heavy atom. The van der Waals surface area contributed by atoms with Crippen molar-refractivity contribution in [3.8, 4) is 5.82 Å². The van der Waals surface area contributed by atoms with Crippen molar-refractivity contribution >= 4 is 28.9 Å². The van der Waals surface area contributed by atoms with E-state index in [0.29, 0.717) is 35.4 Å². The Morgan fingerprint density at radius 2 is 1.80 bits per heavy atom. The van der Waals surface area contributed by atoms with E-state index in [4.69, 9.17) is 4.74 Å². The van der Waals surface area contributed by atoms with E-state index in [2.05, 4.69) is 49.8 Å². The fourth-order valence-corrected chi connectivity index (χ4v) is 5.14. The molecular formula is C31H35F3N8O2. The van der Waals surface area contributed by atoms with Gasteiger partial charge in [-0.15, -0.1) is 0 Å². The number of halogens is 3. The minimum atomic E-state index is -4.54. The van der Waals surface area contributed by atoms with Crippen LogP contribution in [0.5, 0.6) is 0 Å². The fourth-order valence-electron chi connectivity index (χ4n) is 5.14. The van der Waals surface area contributed by atoms with E-state index < -0.39 is 17.6 Å². The van der Waals surface area contributed by atoms with Crippen molar-refractivity contribution in [3.63, 3.8) is 0 Å². The maximum absolute atomic E-state index is 13.1. The van der Waals surface area contributed by atoms with Gasteiger partial charge in [0.2, 0.25) is 0 Å². The van der Waals surface area contributed by atoms with Crippen LogP contribution in [-0.4, -0.2) is 68.9 Å². The van der Waals surface area contributed by atoms with Crippen LogP contribution < -0.4 is 16.0 Å². The lowest BCUT2D eigenvalue weighted by Gasteiger charge is -2.35. The normalized spacial score (nSPS) is 17.3. The Balaban J connectivity index is 1.28. The molecular weight excluding hydrogens is 573 g/mol. The van der Waals surface area contributed by atoms with Gasteiger partial charge < -0.3 is 20.7 Å². The summed E-state index contributed by atoms with van der Waals surface area (Å²) in [5.74, 6) is 1.20. The number of alkyl halides is 3. The van der Waals surface area contributed by atoms with Crippen molar-refractivity contribution in [2.24, 2.45) is 0 Å². The Morgan fingerprint density at radius 1 is 1.02 bits per heavy atom. The number of hydrogen-bond acceptors (Lipinski definition) is 8. The van der Waals surface area contributed by atoms with Gasteiger partial charge in [0.05, 0.1) is 23.5 Å². The van der Waals surface area contributed by atoms with E-state index in [1.807, 2.05) is 26.0 Å². The molecule has 0 aliphatic carbocycles. The highest BCUT2D eigenvalue weighted by molar-refractivity contribution is 6.04. The van der Waals surface area contributed by atoms with E-state index in [-0.39, 0.29) is 17.8 Å². The van der Waals surface area contributed by atoms with Gasteiger partial charge in [0.1, 0.15) is 18.0 Å². The van der Waals surface area contributed by atoms with Gasteiger partial charge in [-0.1, -0.05) is 12.1 Å². The smallest absolute Gasteiger partial charge is 0.373 e. The summed E-state index contributed by atoms with van der Waals surface area (Å²) in [5.41, 5.74) is 1.75.